The number of amides is 1. The van der Waals surface area contributed by atoms with Crippen molar-refractivity contribution in [2.45, 2.75) is 31.7 Å². The van der Waals surface area contributed by atoms with E-state index < -0.39 is 0 Å². The number of nitrogens with zero attached hydrogens (tertiary/aromatic N) is 3. The van der Waals surface area contributed by atoms with Crippen molar-refractivity contribution in [2.75, 3.05) is 26.2 Å². The number of benzene rings is 2. The molecule has 2 aromatic carbocycles. The molecule has 0 N–H and O–H groups in total. The molecule has 0 saturated carbocycles. The average Bonchev–Trinajstić information content (AvgIpc) is 3.33. The van der Waals surface area contributed by atoms with Gasteiger partial charge in [0.05, 0.1) is 16.8 Å². The quantitative estimate of drug-likeness (QED) is 0.634. The molecule has 5 rings (SSSR count). The van der Waals surface area contributed by atoms with Gasteiger partial charge in [0, 0.05) is 30.1 Å². The Labute approximate surface area is 176 Å². The van der Waals surface area contributed by atoms with E-state index in [4.69, 9.17) is 4.98 Å². The molecule has 0 unspecified atom stereocenters. The number of fused-ring (bicyclic) bond motifs is 1. The Hall–Kier alpha value is -2.79. The van der Waals surface area contributed by atoms with Crippen LogP contribution in [0.5, 0.6) is 0 Å². The van der Waals surface area contributed by atoms with Gasteiger partial charge in [0.15, 0.2) is 0 Å². The van der Waals surface area contributed by atoms with Crippen molar-refractivity contribution in [2.24, 2.45) is 0 Å². The largest absolute Gasteiger partial charge is 0.339 e. The zero-order chi connectivity index (χ0) is 20.5. The average molecular weight is 404 g/mol. The maximum atomic E-state index is 13.5. The molecular formula is C25H26FN3O. The summed E-state index contributed by atoms with van der Waals surface area (Å²) >= 11 is 0. The molecule has 0 aliphatic carbocycles. The van der Waals surface area contributed by atoms with Crippen molar-refractivity contribution in [3.63, 3.8) is 0 Å². The van der Waals surface area contributed by atoms with Crippen LogP contribution >= 0.6 is 0 Å². The second-order valence-electron chi connectivity index (χ2n) is 8.35. The van der Waals surface area contributed by atoms with Gasteiger partial charge in [-0.3, -0.25) is 4.79 Å². The van der Waals surface area contributed by atoms with Gasteiger partial charge >= 0.3 is 0 Å². The predicted octanol–water partition coefficient (Wildman–Crippen LogP) is 4.74. The maximum absolute atomic E-state index is 13.5. The predicted molar refractivity (Wildman–Crippen MR) is 117 cm³/mol. The number of pyridine rings is 1. The molecule has 30 heavy (non-hydrogen) atoms. The number of aromatic nitrogens is 1. The van der Waals surface area contributed by atoms with Crippen LogP contribution in [0.3, 0.4) is 0 Å². The number of para-hydroxylation sites is 1. The molecule has 2 aliphatic rings. The van der Waals surface area contributed by atoms with Gasteiger partial charge in [-0.2, -0.15) is 0 Å². The first-order valence-corrected chi connectivity index (χ1v) is 10.9. The molecule has 5 heteroatoms. The smallest absolute Gasteiger partial charge is 0.254 e. The van der Waals surface area contributed by atoms with Crippen molar-refractivity contribution < 1.29 is 9.18 Å². The fourth-order valence-corrected chi connectivity index (χ4v) is 4.83. The van der Waals surface area contributed by atoms with Crippen molar-refractivity contribution >= 4 is 16.8 Å². The van der Waals surface area contributed by atoms with Gasteiger partial charge in [0.1, 0.15) is 5.82 Å². The van der Waals surface area contributed by atoms with Crippen LogP contribution < -0.4 is 0 Å². The minimum atomic E-state index is -0.281. The molecule has 1 amide bonds. The highest BCUT2D eigenvalue weighted by atomic mass is 19.1. The van der Waals surface area contributed by atoms with Gasteiger partial charge in [-0.25, -0.2) is 9.37 Å². The van der Waals surface area contributed by atoms with E-state index in [1.54, 1.807) is 12.1 Å². The molecule has 4 nitrogen and oxygen atoms in total. The zero-order valence-corrected chi connectivity index (χ0v) is 17.1. The van der Waals surface area contributed by atoms with Crippen molar-refractivity contribution in [1.29, 1.82) is 0 Å². The van der Waals surface area contributed by atoms with Gasteiger partial charge in [0.2, 0.25) is 0 Å². The van der Waals surface area contributed by atoms with Crippen LogP contribution in [0.2, 0.25) is 0 Å². The zero-order valence-electron chi connectivity index (χ0n) is 17.1. The highest BCUT2D eigenvalue weighted by Gasteiger charge is 2.29. The van der Waals surface area contributed by atoms with Crippen LogP contribution in [0.25, 0.3) is 22.2 Å². The topological polar surface area (TPSA) is 36.4 Å². The van der Waals surface area contributed by atoms with E-state index in [1.165, 1.54) is 38.1 Å². The summed E-state index contributed by atoms with van der Waals surface area (Å²) in [7, 11) is 0. The monoisotopic (exact) mass is 403 g/mol. The number of piperidine rings is 1. The summed E-state index contributed by atoms with van der Waals surface area (Å²) in [5, 5.41) is 0.870. The number of carbonyl (C=O) groups excluding carboxylic acids is 1. The molecule has 2 fully saturated rings. The van der Waals surface area contributed by atoms with Crippen molar-refractivity contribution in [3.8, 4) is 11.3 Å². The van der Waals surface area contributed by atoms with Crippen molar-refractivity contribution in [1.82, 2.24) is 14.8 Å². The Balaban J connectivity index is 1.44. The lowest BCUT2D eigenvalue weighted by molar-refractivity contribution is 0.0646. The molecule has 0 radical (unpaired) electrons. The molecule has 1 aromatic heterocycles. The molecule has 3 aromatic rings. The summed E-state index contributed by atoms with van der Waals surface area (Å²) in [6.07, 6.45) is 4.68. The molecule has 0 bridgehead atoms. The van der Waals surface area contributed by atoms with Gasteiger partial charge in [0.25, 0.3) is 5.91 Å². The van der Waals surface area contributed by atoms with E-state index in [1.807, 2.05) is 35.2 Å². The first-order valence-electron chi connectivity index (χ1n) is 10.9. The number of hydrogen-bond acceptors (Lipinski definition) is 3. The molecule has 2 saturated heterocycles. The lowest BCUT2D eigenvalue weighted by atomic mass is 10.00. The molecule has 2 aliphatic heterocycles. The Kier molecular flexibility index (Phi) is 5.21. The molecule has 154 valence electrons. The number of carbonyl (C=O) groups is 1. The highest BCUT2D eigenvalue weighted by Crippen LogP contribution is 2.28. The first-order chi connectivity index (χ1) is 14.7. The van der Waals surface area contributed by atoms with E-state index in [0.29, 0.717) is 17.3 Å². The van der Waals surface area contributed by atoms with Crippen molar-refractivity contribution in [3.05, 3.63) is 66.0 Å². The number of rotatable bonds is 3. The van der Waals surface area contributed by atoms with Crippen LogP contribution in [-0.4, -0.2) is 52.9 Å². The third kappa shape index (κ3) is 3.70. The standard InChI is InChI=1S/C25H26FN3O/c26-19-9-7-18(8-10-19)24-17-22(21-5-1-2-6-23(21)27-24)25(30)29-15-11-20(12-16-29)28-13-3-4-14-28/h1-2,5-10,17,20H,3-4,11-16H2. The fraction of sp³-hybridized carbons (Fsp3) is 0.360. The van der Waals surface area contributed by atoms with E-state index in [0.717, 1.165) is 42.4 Å². The van der Waals surface area contributed by atoms with E-state index in [9.17, 15) is 9.18 Å². The Morgan fingerprint density at radius 2 is 1.63 bits per heavy atom. The third-order valence-corrected chi connectivity index (χ3v) is 6.50. The first kappa shape index (κ1) is 19.2. The molecular weight excluding hydrogens is 377 g/mol. The number of likely N-dealkylation sites (tertiary alicyclic amines) is 2. The Morgan fingerprint density at radius 3 is 2.37 bits per heavy atom. The lowest BCUT2D eigenvalue weighted by Gasteiger charge is -2.36. The van der Waals surface area contributed by atoms with E-state index >= 15 is 0 Å². The van der Waals surface area contributed by atoms with Crippen LogP contribution in [0.1, 0.15) is 36.0 Å². The molecule has 0 atom stereocenters. The minimum Gasteiger partial charge on any atom is -0.339 e. The molecule has 0 spiro atoms. The van der Waals surface area contributed by atoms with E-state index in [-0.39, 0.29) is 11.7 Å². The van der Waals surface area contributed by atoms with Gasteiger partial charge in [-0.1, -0.05) is 18.2 Å². The lowest BCUT2D eigenvalue weighted by Crippen LogP contribution is -2.46. The highest BCUT2D eigenvalue weighted by molar-refractivity contribution is 6.07. The number of hydrogen-bond donors (Lipinski definition) is 0. The number of halogens is 1. The normalized spacial score (nSPS) is 18.2. The maximum Gasteiger partial charge on any atom is 0.254 e. The second kappa shape index (κ2) is 8.15. The Bertz CT molecular complexity index is 1050. The minimum absolute atomic E-state index is 0.0665. The van der Waals surface area contributed by atoms with Crippen LogP contribution in [0.15, 0.2) is 54.6 Å². The summed E-state index contributed by atoms with van der Waals surface area (Å²) in [6, 6.07) is 16.5. The SMILES string of the molecule is O=C(c1cc(-c2ccc(F)cc2)nc2ccccc12)N1CCC(N2CCCC2)CC1. The second-order valence-corrected chi connectivity index (χ2v) is 8.35. The summed E-state index contributed by atoms with van der Waals surface area (Å²) in [4.78, 5) is 22.8. The van der Waals surface area contributed by atoms with Crippen LogP contribution in [-0.2, 0) is 0 Å². The van der Waals surface area contributed by atoms with Gasteiger partial charge in [-0.05, 0) is 75.2 Å². The van der Waals surface area contributed by atoms with Crippen LogP contribution in [0.4, 0.5) is 4.39 Å². The van der Waals surface area contributed by atoms with Crippen LogP contribution in [0, 0.1) is 5.82 Å². The summed E-state index contributed by atoms with van der Waals surface area (Å²) in [6.45, 7) is 3.99. The van der Waals surface area contributed by atoms with Gasteiger partial charge in [-0.15, -0.1) is 0 Å². The fourth-order valence-electron chi connectivity index (χ4n) is 4.83. The Morgan fingerprint density at radius 1 is 0.933 bits per heavy atom. The van der Waals surface area contributed by atoms with E-state index in [2.05, 4.69) is 4.90 Å². The molecule has 3 heterocycles. The van der Waals surface area contributed by atoms with Gasteiger partial charge < -0.3 is 9.80 Å². The summed E-state index contributed by atoms with van der Waals surface area (Å²) < 4.78 is 13.4. The third-order valence-electron chi connectivity index (χ3n) is 6.50. The summed E-state index contributed by atoms with van der Waals surface area (Å²) in [5.41, 5.74) is 2.97. The summed E-state index contributed by atoms with van der Waals surface area (Å²) in [5.74, 6) is -0.214.